The van der Waals surface area contributed by atoms with E-state index in [1.807, 2.05) is 36.0 Å². The molecular formula is C23H25F3N6O. The molecule has 0 aliphatic carbocycles. The average molecular weight is 458 g/mol. The van der Waals surface area contributed by atoms with E-state index in [0.717, 1.165) is 18.6 Å². The molecule has 1 N–H and O–H groups in total. The zero-order valence-electron chi connectivity index (χ0n) is 18.4. The number of carbonyl (C=O) groups excluding carboxylic acids is 1. The van der Waals surface area contributed by atoms with Crippen LogP contribution in [0.1, 0.15) is 12.0 Å². The highest BCUT2D eigenvalue weighted by Crippen LogP contribution is 2.32. The molecular weight excluding hydrogens is 433 g/mol. The number of hydrogen-bond acceptors (Lipinski definition) is 5. The Morgan fingerprint density at radius 3 is 2.70 bits per heavy atom. The Bertz CT molecular complexity index is 1150. The summed E-state index contributed by atoms with van der Waals surface area (Å²) in [6, 6.07) is 8.46. The van der Waals surface area contributed by atoms with Crippen LogP contribution in [0.5, 0.6) is 0 Å². The third-order valence-electron chi connectivity index (χ3n) is 5.43. The van der Waals surface area contributed by atoms with Gasteiger partial charge >= 0.3 is 6.18 Å². The molecule has 1 amide bonds. The molecule has 1 fully saturated rings. The van der Waals surface area contributed by atoms with Gasteiger partial charge in [-0.25, -0.2) is 4.68 Å². The van der Waals surface area contributed by atoms with E-state index in [1.165, 1.54) is 12.1 Å². The number of rotatable bonds is 6. The van der Waals surface area contributed by atoms with Gasteiger partial charge in [0.25, 0.3) is 0 Å². The maximum atomic E-state index is 12.9. The zero-order valence-corrected chi connectivity index (χ0v) is 18.4. The van der Waals surface area contributed by atoms with Gasteiger partial charge in [-0.15, -0.1) is 5.10 Å². The van der Waals surface area contributed by atoms with Gasteiger partial charge in [-0.3, -0.25) is 9.78 Å². The van der Waals surface area contributed by atoms with Crippen LogP contribution >= 0.6 is 0 Å². The van der Waals surface area contributed by atoms with Crippen molar-refractivity contribution in [1.29, 1.82) is 0 Å². The van der Waals surface area contributed by atoms with E-state index < -0.39 is 11.7 Å². The molecule has 1 aliphatic heterocycles. The van der Waals surface area contributed by atoms with Crippen molar-refractivity contribution in [1.82, 2.24) is 25.0 Å². The van der Waals surface area contributed by atoms with Crippen LogP contribution in [0.4, 0.5) is 19.0 Å². The van der Waals surface area contributed by atoms with Crippen molar-refractivity contribution in [3.8, 4) is 5.69 Å². The lowest BCUT2D eigenvalue weighted by Crippen LogP contribution is -2.36. The largest absolute Gasteiger partial charge is 0.416 e. The molecule has 3 aromatic rings. The minimum Gasteiger partial charge on any atom is -0.351 e. The summed E-state index contributed by atoms with van der Waals surface area (Å²) in [5.41, 5.74) is 1.17. The Labute approximate surface area is 189 Å². The minimum atomic E-state index is -4.39. The van der Waals surface area contributed by atoms with Crippen LogP contribution in [0.3, 0.4) is 0 Å². The summed E-state index contributed by atoms with van der Waals surface area (Å²) in [5.74, 6) is 0.507. The number of fused-ring (bicyclic) bond motifs is 1. The normalized spacial score (nSPS) is 16.9. The number of nitrogens with one attached hydrogen (secondary N) is 1. The number of halogens is 3. The molecule has 1 aromatic carbocycles. The number of benzene rings is 1. The standard InChI is InChI=1S/C23H25F3N6O/c1-30(2)13-4-6-20(33)28-17-11-14-31(15-17)22-21-19(5-3-12-27-21)32(29-22)18-9-7-16(8-10-18)23(24,25)26/h3-10,12,17H,11,13-15H2,1-2H3,(H,28,33)/b6-4+. The molecule has 1 atom stereocenters. The highest BCUT2D eigenvalue weighted by Gasteiger charge is 2.31. The smallest absolute Gasteiger partial charge is 0.351 e. The van der Waals surface area contributed by atoms with E-state index in [2.05, 4.69) is 15.4 Å². The van der Waals surface area contributed by atoms with Gasteiger partial charge in [0.15, 0.2) is 5.82 Å². The van der Waals surface area contributed by atoms with Crippen LogP contribution in [-0.2, 0) is 11.0 Å². The van der Waals surface area contributed by atoms with E-state index in [0.29, 0.717) is 42.2 Å². The number of anilines is 1. The van der Waals surface area contributed by atoms with Gasteiger partial charge in [0.05, 0.1) is 16.8 Å². The molecule has 0 saturated carbocycles. The van der Waals surface area contributed by atoms with Gasteiger partial charge < -0.3 is 15.1 Å². The summed E-state index contributed by atoms with van der Waals surface area (Å²) >= 11 is 0. The molecule has 0 spiro atoms. The van der Waals surface area contributed by atoms with Crippen molar-refractivity contribution in [2.45, 2.75) is 18.6 Å². The summed E-state index contributed by atoms with van der Waals surface area (Å²) in [4.78, 5) is 20.7. The van der Waals surface area contributed by atoms with E-state index in [9.17, 15) is 18.0 Å². The monoisotopic (exact) mass is 458 g/mol. The van der Waals surface area contributed by atoms with Crippen LogP contribution in [0.15, 0.2) is 54.7 Å². The molecule has 4 rings (SSSR count). The van der Waals surface area contributed by atoms with Gasteiger partial charge in [-0.2, -0.15) is 13.2 Å². The zero-order chi connectivity index (χ0) is 23.6. The Hall–Kier alpha value is -3.40. The predicted molar refractivity (Wildman–Crippen MR) is 120 cm³/mol. The van der Waals surface area contributed by atoms with Crippen molar-refractivity contribution in [3.05, 3.63) is 60.3 Å². The number of nitrogens with zero attached hydrogens (tertiary/aromatic N) is 5. The molecule has 33 heavy (non-hydrogen) atoms. The third-order valence-corrected chi connectivity index (χ3v) is 5.43. The van der Waals surface area contributed by atoms with Gasteiger partial charge in [0.2, 0.25) is 5.91 Å². The molecule has 1 saturated heterocycles. The SMILES string of the molecule is CN(C)C/C=C/C(=O)NC1CCN(c2nn(-c3ccc(C(F)(F)F)cc3)c3cccnc23)C1. The number of amides is 1. The third kappa shape index (κ3) is 5.16. The van der Waals surface area contributed by atoms with Crippen molar-refractivity contribution >= 4 is 22.8 Å². The molecule has 1 aliphatic rings. The first-order valence-corrected chi connectivity index (χ1v) is 10.6. The number of alkyl halides is 3. The van der Waals surface area contributed by atoms with Crippen LogP contribution in [0, 0.1) is 0 Å². The number of hydrogen-bond donors (Lipinski definition) is 1. The first-order chi connectivity index (χ1) is 15.7. The molecule has 7 nitrogen and oxygen atoms in total. The molecule has 174 valence electrons. The van der Waals surface area contributed by atoms with Gasteiger partial charge in [0, 0.05) is 37.9 Å². The van der Waals surface area contributed by atoms with Gasteiger partial charge in [0.1, 0.15) is 5.52 Å². The number of likely N-dealkylation sites (N-methyl/N-ethyl adjacent to an activating group) is 1. The molecule has 10 heteroatoms. The lowest BCUT2D eigenvalue weighted by Gasteiger charge is -2.16. The summed E-state index contributed by atoms with van der Waals surface area (Å²) in [6.45, 7) is 1.94. The summed E-state index contributed by atoms with van der Waals surface area (Å²) in [6.07, 6.45) is 1.38. The van der Waals surface area contributed by atoms with Crippen LogP contribution in [0.25, 0.3) is 16.7 Å². The van der Waals surface area contributed by atoms with E-state index in [1.54, 1.807) is 23.0 Å². The maximum Gasteiger partial charge on any atom is 0.416 e. The van der Waals surface area contributed by atoms with E-state index >= 15 is 0 Å². The minimum absolute atomic E-state index is 0.0310. The summed E-state index contributed by atoms with van der Waals surface area (Å²) in [7, 11) is 3.86. The highest BCUT2D eigenvalue weighted by atomic mass is 19.4. The first kappa shape index (κ1) is 22.8. The van der Waals surface area contributed by atoms with Crippen LogP contribution < -0.4 is 10.2 Å². The Morgan fingerprint density at radius 2 is 2.00 bits per heavy atom. The fraction of sp³-hybridized carbons (Fsp3) is 0.348. The Balaban J connectivity index is 1.54. The molecule has 0 bridgehead atoms. The maximum absolute atomic E-state index is 12.9. The summed E-state index contributed by atoms with van der Waals surface area (Å²) in [5, 5.41) is 7.69. The Morgan fingerprint density at radius 1 is 1.24 bits per heavy atom. The van der Waals surface area contributed by atoms with Gasteiger partial charge in [-0.1, -0.05) is 6.08 Å². The topological polar surface area (TPSA) is 66.3 Å². The second-order valence-corrected chi connectivity index (χ2v) is 8.26. The fourth-order valence-electron chi connectivity index (χ4n) is 3.83. The predicted octanol–water partition coefficient (Wildman–Crippen LogP) is 3.25. The van der Waals surface area contributed by atoms with Crippen molar-refractivity contribution in [3.63, 3.8) is 0 Å². The number of pyridine rings is 1. The van der Waals surface area contributed by atoms with Crippen LogP contribution in [-0.4, -0.2) is 65.3 Å². The van der Waals surface area contributed by atoms with Crippen molar-refractivity contribution in [2.24, 2.45) is 0 Å². The average Bonchev–Trinajstić information content (AvgIpc) is 3.37. The van der Waals surface area contributed by atoms with E-state index in [-0.39, 0.29) is 11.9 Å². The highest BCUT2D eigenvalue weighted by molar-refractivity contribution is 5.89. The Kier molecular flexibility index (Phi) is 6.37. The lowest BCUT2D eigenvalue weighted by atomic mass is 10.2. The fourth-order valence-corrected chi connectivity index (χ4v) is 3.83. The van der Waals surface area contributed by atoms with Crippen molar-refractivity contribution in [2.75, 3.05) is 38.6 Å². The van der Waals surface area contributed by atoms with Crippen LogP contribution in [0.2, 0.25) is 0 Å². The number of aromatic nitrogens is 3. The first-order valence-electron chi connectivity index (χ1n) is 10.6. The molecule has 1 unspecified atom stereocenters. The summed E-state index contributed by atoms with van der Waals surface area (Å²) < 4.78 is 40.4. The quantitative estimate of drug-likeness (QED) is 0.575. The van der Waals surface area contributed by atoms with Crippen molar-refractivity contribution < 1.29 is 18.0 Å². The number of carbonyl (C=O) groups is 1. The second kappa shape index (κ2) is 9.22. The van der Waals surface area contributed by atoms with Gasteiger partial charge in [-0.05, 0) is 56.9 Å². The van der Waals surface area contributed by atoms with E-state index in [4.69, 9.17) is 0 Å². The second-order valence-electron chi connectivity index (χ2n) is 8.26. The molecule has 0 radical (unpaired) electrons. The molecule has 3 heterocycles. The lowest BCUT2D eigenvalue weighted by molar-refractivity contribution is -0.137. The molecule has 2 aromatic heterocycles.